The van der Waals surface area contributed by atoms with Gasteiger partial charge >= 0.3 is 0 Å². The summed E-state index contributed by atoms with van der Waals surface area (Å²) in [5.74, 6) is -0.316. The molecule has 2 aliphatic heterocycles. The highest BCUT2D eigenvalue weighted by Crippen LogP contribution is 2.28. The van der Waals surface area contributed by atoms with Crippen LogP contribution in [-0.4, -0.2) is 80.1 Å². The van der Waals surface area contributed by atoms with Crippen LogP contribution in [0.1, 0.15) is 17.5 Å². The van der Waals surface area contributed by atoms with Crippen LogP contribution in [0.4, 0.5) is 0 Å². The van der Waals surface area contributed by atoms with Crippen LogP contribution < -0.4 is 15.8 Å². The number of amides is 1. The molecule has 1 fully saturated rings. The predicted molar refractivity (Wildman–Crippen MR) is 128 cm³/mol. The molecule has 2 aliphatic rings. The Kier molecular flexibility index (Phi) is 7.84. The number of carbonyl (C=O) groups excluding carboxylic acids is 1. The Balaban J connectivity index is 1.25. The molecule has 2 atom stereocenters. The standard InChI is InChI=1S/C24H32N4O5S/c25-20-10-12-28(15-20)34(31,32)23-8-4-3-7-22(23)33-17-24(30)26-13-21(29)16-27-11-9-18-5-1-2-6-19(18)14-27/h1-8,20-21,29H,9-17,25H2,(H,26,30)/t20?,21-/m1/s1. The SMILES string of the molecule is NC1CCN(S(=O)(=O)c2ccccc2OCC(=O)NC[C@@H](O)CN2CCc3ccccc3C2)C1. The smallest absolute Gasteiger partial charge is 0.258 e. The van der Waals surface area contributed by atoms with Crippen molar-refractivity contribution >= 4 is 15.9 Å². The molecule has 0 bridgehead atoms. The van der Waals surface area contributed by atoms with Gasteiger partial charge < -0.3 is 20.9 Å². The Morgan fingerprint density at radius 2 is 1.88 bits per heavy atom. The highest BCUT2D eigenvalue weighted by molar-refractivity contribution is 7.89. The first-order valence-corrected chi connectivity index (χ1v) is 13.0. The van der Waals surface area contributed by atoms with E-state index in [1.165, 1.54) is 27.6 Å². The maximum Gasteiger partial charge on any atom is 0.258 e. The average molecular weight is 489 g/mol. The van der Waals surface area contributed by atoms with Gasteiger partial charge in [0, 0.05) is 45.3 Å². The van der Waals surface area contributed by atoms with Crippen molar-refractivity contribution in [2.45, 2.75) is 36.4 Å². The topological polar surface area (TPSA) is 125 Å². The van der Waals surface area contributed by atoms with Gasteiger partial charge in [-0.15, -0.1) is 0 Å². The van der Waals surface area contributed by atoms with Gasteiger partial charge in [-0.2, -0.15) is 4.31 Å². The second-order valence-electron chi connectivity index (χ2n) is 8.86. The monoisotopic (exact) mass is 488 g/mol. The van der Waals surface area contributed by atoms with Crippen molar-refractivity contribution in [1.29, 1.82) is 0 Å². The lowest BCUT2D eigenvalue weighted by Gasteiger charge is -2.30. The zero-order valence-electron chi connectivity index (χ0n) is 19.1. The normalized spacial score (nSPS) is 20.0. The summed E-state index contributed by atoms with van der Waals surface area (Å²) in [5.41, 5.74) is 8.47. The van der Waals surface area contributed by atoms with E-state index in [-0.39, 0.29) is 36.4 Å². The van der Waals surface area contributed by atoms with Gasteiger partial charge in [0.1, 0.15) is 10.6 Å². The minimum atomic E-state index is -3.76. The van der Waals surface area contributed by atoms with Crippen LogP contribution in [0.5, 0.6) is 5.75 Å². The molecule has 2 heterocycles. The second kappa shape index (κ2) is 10.8. The van der Waals surface area contributed by atoms with Crippen LogP contribution in [0.3, 0.4) is 0 Å². The first kappa shape index (κ1) is 24.6. The highest BCUT2D eigenvalue weighted by atomic mass is 32.2. The van der Waals surface area contributed by atoms with E-state index < -0.39 is 22.0 Å². The van der Waals surface area contributed by atoms with Crippen LogP contribution in [0.25, 0.3) is 0 Å². The molecule has 0 spiro atoms. The van der Waals surface area contributed by atoms with E-state index in [0.29, 0.717) is 19.5 Å². The lowest BCUT2D eigenvalue weighted by Crippen LogP contribution is -2.43. The number of benzene rings is 2. The number of sulfonamides is 1. The fourth-order valence-corrected chi connectivity index (χ4v) is 6.04. The fraction of sp³-hybridized carbons (Fsp3) is 0.458. The number of aliphatic hydroxyl groups excluding tert-OH is 1. The third kappa shape index (κ3) is 5.94. The van der Waals surface area contributed by atoms with Crippen molar-refractivity contribution < 1.29 is 23.1 Å². The Bertz CT molecular complexity index is 1110. The molecule has 0 aromatic heterocycles. The quantitative estimate of drug-likeness (QED) is 0.464. The minimum Gasteiger partial charge on any atom is -0.482 e. The van der Waals surface area contributed by atoms with Crippen LogP contribution in [0.2, 0.25) is 0 Å². The Labute approximate surface area is 200 Å². The molecule has 1 saturated heterocycles. The predicted octanol–water partition coefficient (Wildman–Crippen LogP) is 0.323. The molecule has 0 radical (unpaired) electrons. The summed E-state index contributed by atoms with van der Waals surface area (Å²) >= 11 is 0. The third-order valence-electron chi connectivity index (χ3n) is 6.23. The number of rotatable bonds is 9. The minimum absolute atomic E-state index is 0.0160. The van der Waals surface area contributed by atoms with Gasteiger partial charge in [0.25, 0.3) is 5.91 Å². The lowest BCUT2D eigenvalue weighted by atomic mass is 10.00. The summed E-state index contributed by atoms with van der Waals surface area (Å²) in [6.45, 7) is 2.45. The van der Waals surface area contributed by atoms with E-state index in [2.05, 4.69) is 22.3 Å². The molecule has 184 valence electrons. The third-order valence-corrected chi connectivity index (χ3v) is 8.13. The van der Waals surface area contributed by atoms with Gasteiger partial charge in [0.05, 0.1) is 6.10 Å². The number of fused-ring (bicyclic) bond motifs is 1. The van der Waals surface area contributed by atoms with Crippen LogP contribution in [0, 0.1) is 0 Å². The van der Waals surface area contributed by atoms with Crippen molar-refractivity contribution in [3.05, 3.63) is 59.7 Å². The number of nitrogens with two attached hydrogens (primary N) is 1. The number of hydrogen-bond acceptors (Lipinski definition) is 7. The molecular weight excluding hydrogens is 456 g/mol. The van der Waals surface area contributed by atoms with Crippen molar-refractivity contribution in [3.8, 4) is 5.75 Å². The number of ether oxygens (including phenoxy) is 1. The van der Waals surface area contributed by atoms with E-state index in [1.54, 1.807) is 12.1 Å². The van der Waals surface area contributed by atoms with Crippen molar-refractivity contribution in [2.24, 2.45) is 5.73 Å². The summed E-state index contributed by atoms with van der Waals surface area (Å²) in [4.78, 5) is 14.5. The molecule has 0 aliphatic carbocycles. The molecule has 1 amide bonds. The molecule has 34 heavy (non-hydrogen) atoms. The maximum absolute atomic E-state index is 13.0. The molecule has 10 heteroatoms. The van der Waals surface area contributed by atoms with Gasteiger partial charge in [-0.3, -0.25) is 9.69 Å². The molecule has 1 unspecified atom stereocenters. The Hall–Kier alpha value is -2.50. The highest BCUT2D eigenvalue weighted by Gasteiger charge is 2.33. The zero-order valence-corrected chi connectivity index (χ0v) is 19.9. The molecule has 2 aromatic rings. The van der Waals surface area contributed by atoms with Crippen molar-refractivity contribution in [1.82, 2.24) is 14.5 Å². The molecule has 0 saturated carbocycles. The van der Waals surface area contributed by atoms with E-state index in [0.717, 1.165) is 19.5 Å². The summed E-state index contributed by atoms with van der Waals surface area (Å²) in [7, 11) is -3.76. The molecule has 9 nitrogen and oxygen atoms in total. The fourth-order valence-electron chi connectivity index (χ4n) is 4.39. The summed E-state index contributed by atoms with van der Waals surface area (Å²) in [6.07, 6.45) is 0.826. The summed E-state index contributed by atoms with van der Waals surface area (Å²) in [6, 6.07) is 14.4. The van der Waals surface area contributed by atoms with Gasteiger partial charge in [0.15, 0.2) is 6.61 Å². The number of aliphatic hydroxyl groups is 1. The number of β-amino-alcohol motifs (C(OH)–C–C–N with tert-alkyl or cyclic N) is 1. The number of para-hydroxylation sites is 1. The molecule has 2 aromatic carbocycles. The van der Waals surface area contributed by atoms with Gasteiger partial charge in [-0.25, -0.2) is 8.42 Å². The van der Waals surface area contributed by atoms with Crippen molar-refractivity contribution in [2.75, 3.05) is 39.3 Å². The molecule has 4 N–H and O–H groups in total. The number of nitrogens with one attached hydrogen (secondary N) is 1. The first-order chi connectivity index (χ1) is 16.3. The Morgan fingerprint density at radius 3 is 2.65 bits per heavy atom. The average Bonchev–Trinajstić information content (AvgIpc) is 3.28. The number of nitrogens with zero attached hydrogens (tertiary/aromatic N) is 2. The van der Waals surface area contributed by atoms with Gasteiger partial charge in [-0.05, 0) is 36.1 Å². The maximum atomic E-state index is 13.0. The first-order valence-electron chi connectivity index (χ1n) is 11.5. The lowest BCUT2D eigenvalue weighted by molar-refractivity contribution is -0.123. The van der Waals surface area contributed by atoms with Crippen LogP contribution in [-0.2, 0) is 27.8 Å². The van der Waals surface area contributed by atoms with E-state index in [9.17, 15) is 18.3 Å². The largest absolute Gasteiger partial charge is 0.482 e. The van der Waals surface area contributed by atoms with Crippen LogP contribution in [0.15, 0.2) is 53.4 Å². The zero-order chi connectivity index (χ0) is 24.1. The summed E-state index contributed by atoms with van der Waals surface area (Å²) in [5, 5.41) is 13.0. The Morgan fingerprint density at radius 1 is 1.15 bits per heavy atom. The van der Waals surface area contributed by atoms with E-state index in [4.69, 9.17) is 10.5 Å². The number of carbonyl (C=O) groups is 1. The van der Waals surface area contributed by atoms with Gasteiger partial charge in [0.2, 0.25) is 10.0 Å². The second-order valence-corrected chi connectivity index (χ2v) is 10.8. The van der Waals surface area contributed by atoms with E-state index in [1.807, 2.05) is 12.1 Å². The molecular formula is C24H32N4O5S. The summed E-state index contributed by atoms with van der Waals surface area (Å²) < 4.78 is 32.9. The van der Waals surface area contributed by atoms with Crippen molar-refractivity contribution in [3.63, 3.8) is 0 Å². The molecule has 4 rings (SSSR count). The van der Waals surface area contributed by atoms with Gasteiger partial charge in [-0.1, -0.05) is 36.4 Å². The van der Waals surface area contributed by atoms with Crippen LogP contribution >= 0.6 is 0 Å². The number of hydrogen-bond donors (Lipinski definition) is 3. The van der Waals surface area contributed by atoms with E-state index >= 15 is 0 Å².